The zero-order chi connectivity index (χ0) is 23.2. The predicted octanol–water partition coefficient (Wildman–Crippen LogP) is 5.03. The van der Waals surface area contributed by atoms with E-state index >= 15 is 0 Å². The monoisotopic (exact) mass is 451 g/mol. The van der Waals surface area contributed by atoms with Crippen LogP contribution >= 0.6 is 0 Å². The average Bonchev–Trinajstić information content (AvgIpc) is 3.48. The number of likely N-dealkylation sites (tertiary alicyclic amines) is 1. The van der Waals surface area contributed by atoms with E-state index in [-0.39, 0.29) is 33.7 Å². The molecule has 7 aliphatic rings. The fourth-order valence-corrected chi connectivity index (χ4v) is 9.71. The molecule has 0 radical (unpaired) electrons. The van der Waals surface area contributed by atoms with Crippen LogP contribution in [0.3, 0.4) is 0 Å². The lowest BCUT2D eigenvalue weighted by molar-refractivity contribution is -0.276. The van der Waals surface area contributed by atoms with Gasteiger partial charge in [-0.2, -0.15) is 0 Å². The van der Waals surface area contributed by atoms with Gasteiger partial charge in [-0.15, -0.1) is 0 Å². The van der Waals surface area contributed by atoms with Gasteiger partial charge in [0.15, 0.2) is 11.5 Å². The molecule has 4 bridgehead atoms. The molecule has 0 aromatic heterocycles. The first kappa shape index (κ1) is 21.1. The number of rotatable bonds is 3. The maximum atomic E-state index is 12.1. The minimum absolute atomic E-state index is 0.0170. The number of hydrogen-bond donors (Lipinski definition) is 2. The maximum Gasteiger partial charge on any atom is 0.165 e. The van der Waals surface area contributed by atoms with Crippen molar-refractivity contribution in [2.24, 2.45) is 28.1 Å². The lowest BCUT2D eigenvalue weighted by atomic mass is 9.31. The number of hydrogen-bond acceptors (Lipinski definition) is 4. The number of nitrogens with zero attached hydrogens (tertiary/aromatic N) is 1. The number of aliphatic hydroxyl groups is 1. The summed E-state index contributed by atoms with van der Waals surface area (Å²) in [6.07, 6.45) is 8.42. The van der Waals surface area contributed by atoms with Crippen LogP contribution in [0.2, 0.25) is 0 Å². The summed E-state index contributed by atoms with van der Waals surface area (Å²) in [6.45, 7) is 13.5. The van der Waals surface area contributed by atoms with E-state index in [1.165, 1.54) is 36.9 Å². The molecule has 1 aromatic carbocycles. The maximum absolute atomic E-state index is 12.1. The van der Waals surface area contributed by atoms with E-state index in [9.17, 15) is 10.2 Å². The smallest absolute Gasteiger partial charge is 0.165 e. The fourth-order valence-electron chi connectivity index (χ4n) is 9.71. The zero-order valence-electron chi connectivity index (χ0n) is 21.1. The molecule has 2 spiro atoms. The molecule has 1 aromatic rings. The van der Waals surface area contributed by atoms with E-state index in [1.54, 1.807) is 0 Å². The first-order chi connectivity index (χ1) is 15.5. The molecule has 4 nitrogen and oxygen atoms in total. The Kier molecular flexibility index (Phi) is 3.78. The summed E-state index contributed by atoms with van der Waals surface area (Å²) in [4.78, 5) is 2.85. The Bertz CT molecular complexity index is 1040. The quantitative estimate of drug-likeness (QED) is 0.676. The zero-order valence-corrected chi connectivity index (χ0v) is 21.1. The molecule has 4 heteroatoms. The van der Waals surface area contributed by atoms with Gasteiger partial charge in [-0.25, -0.2) is 0 Å². The van der Waals surface area contributed by atoms with Gasteiger partial charge < -0.3 is 14.9 Å². The van der Waals surface area contributed by atoms with Crippen molar-refractivity contribution in [3.63, 3.8) is 0 Å². The van der Waals surface area contributed by atoms with Crippen molar-refractivity contribution in [1.82, 2.24) is 4.90 Å². The lowest BCUT2D eigenvalue weighted by Crippen LogP contribution is -2.80. The molecule has 2 heterocycles. The molecular weight excluding hydrogens is 410 g/mol. The fraction of sp³-hybridized carbons (Fsp3) is 0.793. The Morgan fingerprint density at radius 1 is 1.12 bits per heavy atom. The summed E-state index contributed by atoms with van der Waals surface area (Å²) in [7, 11) is 0. The molecule has 4 saturated carbocycles. The van der Waals surface area contributed by atoms with Crippen molar-refractivity contribution >= 4 is 0 Å². The van der Waals surface area contributed by atoms with Gasteiger partial charge in [0.1, 0.15) is 6.10 Å². The van der Waals surface area contributed by atoms with Crippen LogP contribution < -0.4 is 4.74 Å². The number of benzene rings is 1. The number of piperidine rings is 1. The van der Waals surface area contributed by atoms with Gasteiger partial charge >= 0.3 is 0 Å². The van der Waals surface area contributed by atoms with Crippen molar-refractivity contribution in [2.75, 3.05) is 13.1 Å². The van der Waals surface area contributed by atoms with Crippen molar-refractivity contribution in [3.05, 3.63) is 23.3 Å². The van der Waals surface area contributed by atoms with E-state index in [1.807, 2.05) is 6.07 Å². The molecule has 33 heavy (non-hydrogen) atoms. The van der Waals surface area contributed by atoms with Crippen LogP contribution in [0.5, 0.6) is 11.5 Å². The molecular formula is C29H41NO3. The number of phenolic OH excluding ortho intramolecular Hbond substituents is 1. The summed E-state index contributed by atoms with van der Waals surface area (Å²) >= 11 is 0. The van der Waals surface area contributed by atoms with Gasteiger partial charge in [0.25, 0.3) is 0 Å². The first-order valence-corrected chi connectivity index (χ1v) is 13.4. The van der Waals surface area contributed by atoms with E-state index in [2.05, 4.69) is 45.6 Å². The molecule has 0 amide bonds. The molecule has 2 aliphatic heterocycles. The van der Waals surface area contributed by atoms with Gasteiger partial charge in [-0.05, 0) is 87.3 Å². The Labute approximate surface area is 198 Å². The topological polar surface area (TPSA) is 52.9 Å². The van der Waals surface area contributed by atoms with Crippen LogP contribution in [-0.2, 0) is 11.8 Å². The third kappa shape index (κ3) is 2.23. The largest absolute Gasteiger partial charge is 0.504 e. The average molecular weight is 452 g/mol. The molecule has 180 valence electrons. The Hall–Kier alpha value is -1.26. The summed E-state index contributed by atoms with van der Waals surface area (Å²) in [6, 6.07) is 4.58. The first-order valence-electron chi connectivity index (χ1n) is 13.4. The Balaban J connectivity index is 1.46. The number of aromatic hydroxyl groups is 1. The standard InChI is InChI=1S/C29H41NO3/c1-25(2,3)27(5,32)20-15-28-11-10-26(20,4)24-29(28)12-13-30(16-17-6-7-17)21(28)14-18-8-9-19(31)23(33-24)22(18)29/h8-9,17,20-21,24,31-32H,6-7,10-16H2,1-5H3/t20?,21-,24?,26?,27?,28?,29+/m1/s1. The summed E-state index contributed by atoms with van der Waals surface area (Å²) in [5.41, 5.74) is 1.77. The second-order valence-electron chi connectivity index (χ2n) is 14.1. The highest BCUT2D eigenvalue weighted by atomic mass is 16.5. The van der Waals surface area contributed by atoms with E-state index in [4.69, 9.17) is 4.74 Å². The van der Waals surface area contributed by atoms with Crippen LogP contribution in [-0.4, -0.2) is 45.9 Å². The normalized spacial score (nSPS) is 44.8. The minimum Gasteiger partial charge on any atom is -0.504 e. The van der Waals surface area contributed by atoms with Crippen molar-refractivity contribution in [1.29, 1.82) is 0 Å². The van der Waals surface area contributed by atoms with Crippen LogP contribution in [0.4, 0.5) is 0 Å². The lowest BCUT2D eigenvalue weighted by Gasteiger charge is -2.75. The molecule has 5 unspecified atom stereocenters. The third-order valence-corrected chi connectivity index (χ3v) is 12.0. The molecule has 7 atom stereocenters. The Morgan fingerprint density at radius 3 is 2.58 bits per heavy atom. The van der Waals surface area contributed by atoms with Crippen LogP contribution in [0.15, 0.2) is 12.1 Å². The van der Waals surface area contributed by atoms with Crippen LogP contribution in [0, 0.1) is 28.1 Å². The summed E-state index contributed by atoms with van der Waals surface area (Å²) in [5.74, 6) is 2.15. The van der Waals surface area contributed by atoms with Gasteiger partial charge in [0.05, 0.1) is 5.60 Å². The highest BCUT2D eigenvalue weighted by Crippen LogP contribution is 2.79. The van der Waals surface area contributed by atoms with Gasteiger partial charge in [0.2, 0.25) is 0 Å². The second kappa shape index (κ2) is 5.93. The predicted molar refractivity (Wildman–Crippen MR) is 129 cm³/mol. The van der Waals surface area contributed by atoms with Gasteiger partial charge in [-0.3, -0.25) is 4.90 Å². The number of ether oxygens (including phenoxy) is 1. The number of phenols is 1. The van der Waals surface area contributed by atoms with Gasteiger partial charge in [-0.1, -0.05) is 33.8 Å². The van der Waals surface area contributed by atoms with Crippen molar-refractivity contribution in [3.8, 4) is 11.5 Å². The molecule has 2 N–H and O–H groups in total. The number of fused-ring (bicyclic) bond motifs is 2. The Morgan fingerprint density at radius 2 is 1.88 bits per heavy atom. The molecule has 1 saturated heterocycles. The van der Waals surface area contributed by atoms with E-state index < -0.39 is 5.60 Å². The highest BCUT2D eigenvalue weighted by molar-refractivity contribution is 5.63. The van der Waals surface area contributed by atoms with Crippen molar-refractivity contribution < 1.29 is 14.9 Å². The molecule has 5 aliphatic carbocycles. The minimum atomic E-state index is -0.785. The molecule has 8 rings (SSSR count). The van der Waals surface area contributed by atoms with Crippen molar-refractivity contribution in [2.45, 2.75) is 103 Å². The third-order valence-electron chi connectivity index (χ3n) is 12.0. The highest BCUT2D eigenvalue weighted by Gasteiger charge is 2.80. The van der Waals surface area contributed by atoms with Crippen LogP contribution in [0.25, 0.3) is 0 Å². The van der Waals surface area contributed by atoms with Gasteiger partial charge in [0, 0.05) is 34.4 Å². The molecule has 5 fully saturated rings. The van der Waals surface area contributed by atoms with E-state index in [0.717, 1.165) is 43.9 Å². The second-order valence-corrected chi connectivity index (χ2v) is 14.1. The SMILES string of the molecule is CC12CCC3(CC1C(C)(O)C(C)(C)C)[C@H]1Cc4ccc(O)c5c4[C@@]3(CCN1CC1CC1)C2O5. The summed E-state index contributed by atoms with van der Waals surface area (Å²) < 4.78 is 6.93. The van der Waals surface area contributed by atoms with E-state index in [0.29, 0.717) is 11.8 Å². The summed E-state index contributed by atoms with van der Waals surface area (Å²) in [5, 5.41) is 23.1. The van der Waals surface area contributed by atoms with Crippen LogP contribution in [0.1, 0.15) is 84.3 Å².